The average molecular weight is 279 g/mol. The van der Waals surface area contributed by atoms with Gasteiger partial charge < -0.3 is 5.11 Å². The molecule has 1 amide bonds. The highest BCUT2D eigenvalue weighted by Gasteiger charge is 2.12. The van der Waals surface area contributed by atoms with Crippen molar-refractivity contribution in [3.8, 4) is 0 Å². The zero-order valence-electron chi connectivity index (χ0n) is 10.5. The van der Waals surface area contributed by atoms with E-state index in [2.05, 4.69) is 0 Å². The Kier molecular flexibility index (Phi) is 4.90. The molecule has 4 nitrogen and oxygen atoms in total. The van der Waals surface area contributed by atoms with Gasteiger partial charge in [0, 0.05) is 11.1 Å². The standard InChI is InChI=1S/C14H17NO3S/c16-12(6-2-4-8-14(17)15-18)11-9-19-13-7-3-1-5-10(11)13/h1,3,5,7,9,12,16,18H,2,4,6,8H2,(H,15,17). The van der Waals surface area contributed by atoms with Gasteiger partial charge in [-0.3, -0.25) is 10.0 Å². The minimum atomic E-state index is -0.492. The Morgan fingerprint density at radius 2 is 2.11 bits per heavy atom. The van der Waals surface area contributed by atoms with Gasteiger partial charge in [-0.2, -0.15) is 0 Å². The van der Waals surface area contributed by atoms with Gasteiger partial charge in [-0.1, -0.05) is 24.6 Å². The van der Waals surface area contributed by atoms with Crippen LogP contribution in [0.25, 0.3) is 10.1 Å². The topological polar surface area (TPSA) is 69.6 Å². The second kappa shape index (κ2) is 6.65. The van der Waals surface area contributed by atoms with Gasteiger partial charge in [-0.05, 0) is 35.2 Å². The molecule has 0 saturated heterocycles. The van der Waals surface area contributed by atoms with Crippen LogP contribution in [0.2, 0.25) is 0 Å². The highest BCUT2D eigenvalue weighted by molar-refractivity contribution is 7.17. The van der Waals surface area contributed by atoms with Gasteiger partial charge in [0.1, 0.15) is 0 Å². The molecule has 1 atom stereocenters. The quantitative estimate of drug-likeness (QED) is 0.432. The summed E-state index contributed by atoms with van der Waals surface area (Å²) in [6, 6.07) is 8.02. The molecule has 1 aromatic heterocycles. The number of aliphatic hydroxyl groups excluding tert-OH is 1. The van der Waals surface area contributed by atoms with Crippen molar-refractivity contribution in [3.63, 3.8) is 0 Å². The Hall–Kier alpha value is -1.43. The molecule has 0 fully saturated rings. The lowest BCUT2D eigenvalue weighted by Gasteiger charge is -2.09. The fourth-order valence-corrected chi connectivity index (χ4v) is 3.10. The molecular formula is C14H17NO3S. The van der Waals surface area contributed by atoms with Gasteiger partial charge in [0.15, 0.2) is 0 Å². The van der Waals surface area contributed by atoms with Crippen molar-refractivity contribution >= 4 is 27.3 Å². The molecule has 102 valence electrons. The summed E-state index contributed by atoms with van der Waals surface area (Å²) < 4.78 is 1.18. The van der Waals surface area contributed by atoms with Gasteiger partial charge in [0.2, 0.25) is 5.91 Å². The van der Waals surface area contributed by atoms with Crippen molar-refractivity contribution < 1.29 is 15.1 Å². The number of fused-ring (bicyclic) bond motifs is 1. The highest BCUT2D eigenvalue weighted by Crippen LogP contribution is 2.32. The third kappa shape index (κ3) is 3.53. The fourth-order valence-electron chi connectivity index (χ4n) is 2.09. The van der Waals surface area contributed by atoms with E-state index in [9.17, 15) is 9.90 Å². The van der Waals surface area contributed by atoms with Gasteiger partial charge in [0.05, 0.1) is 6.10 Å². The van der Waals surface area contributed by atoms with Crippen LogP contribution in [0.3, 0.4) is 0 Å². The Labute approximate surface area is 115 Å². The molecule has 0 bridgehead atoms. The van der Waals surface area contributed by atoms with Crippen LogP contribution in [-0.2, 0) is 4.79 Å². The molecule has 1 aromatic carbocycles. The minimum Gasteiger partial charge on any atom is -0.388 e. The second-order valence-corrected chi connectivity index (χ2v) is 5.39. The number of unbranched alkanes of at least 4 members (excludes halogenated alkanes) is 1. The summed E-state index contributed by atoms with van der Waals surface area (Å²) in [5.41, 5.74) is 2.57. The van der Waals surface area contributed by atoms with Crippen LogP contribution in [0, 0.1) is 0 Å². The molecule has 5 heteroatoms. The monoisotopic (exact) mass is 279 g/mol. The number of rotatable bonds is 6. The lowest BCUT2D eigenvalue weighted by atomic mass is 10.0. The molecule has 0 spiro atoms. The molecule has 0 aliphatic heterocycles. The fraction of sp³-hybridized carbons (Fsp3) is 0.357. The smallest absolute Gasteiger partial charge is 0.243 e. The summed E-state index contributed by atoms with van der Waals surface area (Å²) in [5, 5.41) is 21.7. The molecule has 0 aliphatic carbocycles. The van der Waals surface area contributed by atoms with Crippen molar-refractivity contribution in [2.45, 2.75) is 31.8 Å². The largest absolute Gasteiger partial charge is 0.388 e. The average Bonchev–Trinajstić information content (AvgIpc) is 2.87. The van der Waals surface area contributed by atoms with E-state index in [-0.39, 0.29) is 12.3 Å². The van der Waals surface area contributed by atoms with E-state index in [0.717, 1.165) is 17.4 Å². The maximum Gasteiger partial charge on any atom is 0.243 e. The summed E-state index contributed by atoms with van der Waals surface area (Å²) in [6.45, 7) is 0. The summed E-state index contributed by atoms with van der Waals surface area (Å²) in [6.07, 6.45) is 1.82. The Morgan fingerprint density at radius 3 is 2.89 bits per heavy atom. The zero-order valence-corrected chi connectivity index (χ0v) is 11.3. The van der Waals surface area contributed by atoms with Crippen LogP contribution in [0.1, 0.15) is 37.4 Å². The highest BCUT2D eigenvalue weighted by atomic mass is 32.1. The molecule has 2 rings (SSSR count). The number of amides is 1. The van der Waals surface area contributed by atoms with Crippen LogP contribution in [0.4, 0.5) is 0 Å². The second-order valence-electron chi connectivity index (χ2n) is 4.48. The van der Waals surface area contributed by atoms with Crippen molar-refractivity contribution in [2.75, 3.05) is 0 Å². The SMILES string of the molecule is O=C(CCCCC(O)c1csc2ccccc12)NO. The lowest BCUT2D eigenvalue weighted by molar-refractivity contribution is -0.129. The number of hydrogen-bond acceptors (Lipinski definition) is 4. The number of hydroxylamine groups is 1. The minimum absolute atomic E-state index is 0.285. The van der Waals surface area contributed by atoms with Crippen LogP contribution in [0.15, 0.2) is 29.6 Å². The molecular weight excluding hydrogens is 262 g/mol. The number of hydrogen-bond donors (Lipinski definition) is 3. The number of nitrogens with one attached hydrogen (secondary N) is 1. The maximum absolute atomic E-state index is 10.8. The van der Waals surface area contributed by atoms with E-state index in [1.807, 2.05) is 29.6 Å². The Morgan fingerprint density at radius 1 is 1.32 bits per heavy atom. The van der Waals surface area contributed by atoms with E-state index in [4.69, 9.17) is 5.21 Å². The lowest BCUT2D eigenvalue weighted by Crippen LogP contribution is -2.17. The Bertz CT molecular complexity index is 552. The van der Waals surface area contributed by atoms with Crippen molar-refractivity contribution in [2.24, 2.45) is 0 Å². The van der Waals surface area contributed by atoms with Crippen LogP contribution in [-0.4, -0.2) is 16.2 Å². The number of carbonyl (C=O) groups excluding carboxylic acids is 1. The van der Waals surface area contributed by atoms with Gasteiger partial charge in [-0.15, -0.1) is 11.3 Å². The van der Waals surface area contributed by atoms with Crippen LogP contribution < -0.4 is 5.48 Å². The van der Waals surface area contributed by atoms with Gasteiger partial charge >= 0.3 is 0 Å². The number of benzene rings is 1. The first-order valence-electron chi connectivity index (χ1n) is 6.29. The predicted molar refractivity (Wildman–Crippen MR) is 75.2 cm³/mol. The van der Waals surface area contributed by atoms with Crippen LogP contribution in [0.5, 0.6) is 0 Å². The van der Waals surface area contributed by atoms with E-state index in [1.54, 1.807) is 16.8 Å². The zero-order chi connectivity index (χ0) is 13.7. The van der Waals surface area contributed by atoms with Crippen molar-refractivity contribution in [3.05, 3.63) is 35.2 Å². The van der Waals surface area contributed by atoms with Crippen molar-refractivity contribution in [1.82, 2.24) is 5.48 Å². The number of carbonyl (C=O) groups is 1. The molecule has 0 aliphatic rings. The molecule has 2 aromatic rings. The molecule has 19 heavy (non-hydrogen) atoms. The Balaban J connectivity index is 1.89. The summed E-state index contributed by atoms with van der Waals surface area (Å²) in [4.78, 5) is 10.8. The first kappa shape index (κ1) is 14.0. The number of aliphatic hydroxyl groups is 1. The molecule has 1 unspecified atom stereocenters. The maximum atomic E-state index is 10.8. The van der Waals surface area contributed by atoms with E-state index < -0.39 is 6.10 Å². The van der Waals surface area contributed by atoms with E-state index in [0.29, 0.717) is 12.8 Å². The summed E-state index contributed by atoms with van der Waals surface area (Å²) in [5.74, 6) is -0.379. The molecule has 3 N–H and O–H groups in total. The van der Waals surface area contributed by atoms with Gasteiger partial charge in [-0.25, -0.2) is 5.48 Å². The predicted octanol–water partition coefficient (Wildman–Crippen LogP) is 3.00. The molecule has 0 saturated carbocycles. The van der Waals surface area contributed by atoms with E-state index >= 15 is 0 Å². The first-order chi connectivity index (χ1) is 9.22. The number of thiophene rings is 1. The first-order valence-corrected chi connectivity index (χ1v) is 7.17. The van der Waals surface area contributed by atoms with Crippen molar-refractivity contribution in [1.29, 1.82) is 0 Å². The van der Waals surface area contributed by atoms with Crippen LogP contribution >= 0.6 is 11.3 Å². The molecule has 0 radical (unpaired) electrons. The third-order valence-corrected chi connectivity index (χ3v) is 4.11. The summed E-state index contributed by atoms with van der Waals surface area (Å²) in [7, 11) is 0. The summed E-state index contributed by atoms with van der Waals surface area (Å²) >= 11 is 1.63. The third-order valence-electron chi connectivity index (χ3n) is 3.13. The van der Waals surface area contributed by atoms with E-state index in [1.165, 1.54) is 4.70 Å². The van der Waals surface area contributed by atoms with Gasteiger partial charge in [0.25, 0.3) is 0 Å². The molecule has 1 heterocycles. The normalized spacial score (nSPS) is 12.5.